The molecule has 1 fully saturated rings. The van der Waals surface area contributed by atoms with Gasteiger partial charge in [-0.2, -0.15) is 0 Å². The van der Waals surface area contributed by atoms with Crippen LogP contribution in [0.25, 0.3) is 0 Å². The third kappa shape index (κ3) is 2.67. The Morgan fingerprint density at radius 1 is 1.54 bits per heavy atom. The van der Waals surface area contributed by atoms with Gasteiger partial charge in [0.25, 0.3) is 5.91 Å². The predicted molar refractivity (Wildman–Crippen MR) is 47.9 cm³/mol. The van der Waals surface area contributed by atoms with Crippen LogP contribution < -0.4 is 0 Å². The van der Waals surface area contributed by atoms with E-state index in [1.54, 1.807) is 7.05 Å². The molecule has 2 atom stereocenters. The van der Waals surface area contributed by atoms with Gasteiger partial charge < -0.3 is 4.74 Å². The normalized spacial score (nSPS) is 28.5. The van der Waals surface area contributed by atoms with Crippen LogP contribution in [0.4, 0.5) is 0 Å². The van der Waals surface area contributed by atoms with E-state index >= 15 is 0 Å². The number of nitrogens with zero attached hydrogens (tertiary/aromatic N) is 1. The zero-order valence-electron chi connectivity index (χ0n) is 8.45. The van der Waals surface area contributed by atoms with E-state index in [-0.39, 0.29) is 17.9 Å². The van der Waals surface area contributed by atoms with Crippen LogP contribution >= 0.6 is 0 Å². The van der Waals surface area contributed by atoms with Gasteiger partial charge in [0.2, 0.25) is 0 Å². The molecule has 1 heterocycles. The molecule has 13 heavy (non-hydrogen) atoms. The molecule has 4 heteroatoms. The highest BCUT2D eigenvalue weighted by molar-refractivity contribution is 5.77. The summed E-state index contributed by atoms with van der Waals surface area (Å²) >= 11 is 0. The Morgan fingerprint density at radius 2 is 2.23 bits per heavy atom. The monoisotopic (exact) mass is 187 g/mol. The van der Waals surface area contributed by atoms with Crippen LogP contribution in [0.15, 0.2) is 0 Å². The highest BCUT2D eigenvalue weighted by atomic mass is 16.7. The Labute approximate surface area is 78.8 Å². The Hall–Kier alpha value is -0.610. The second-order valence-corrected chi connectivity index (χ2v) is 3.44. The molecule has 0 aromatic carbocycles. The number of hydroxylamine groups is 2. The van der Waals surface area contributed by atoms with E-state index in [9.17, 15) is 4.79 Å². The maximum absolute atomic E-state index is 11.6. The molecule has 0 aliphatic carbocycles. The molecular weight excluding hydrogens is 170 g/mol. The fourth-order valence-electron chi connectivity index (χ4n) is 1.42. The Balaban J connectivity index is 2.40. The highest BCUT2D eigenvalue weighted by Gasteiger charge is 2.27. The van der Waals surface area contributed by atoms with Crippen LogP contribution in [0.3, 0.4) is 0 Å². The number of carbonyl (C=O) groups excluding carboxylic acids is 1. The number of carbonyl (C=O) groups is 1. The molecule has 0 unspecified atom stereocenters. The van der Waals surface area contributed by atoms with Gasteiger partial charge in [-0.1, -0.05) is 0 Å². The lowest BCUT2D eigenvalue weighted by Crippen LogP contribution is -2.37. The van der Waals surface area contributed by atoms with Crippen molar-refractivity contribution in [2.45, 2.75) is 25.9 Å². The maximum atomic E-state index is 11.6. The molecule has 0 bridgehead atoms. The van der Waals surface area contributed by atoms with Gasteiger partial charge >= 0.3 is 0 Å². The molecule has 0 aromatic heterocycles. The van der Waals surface area contributed by atoms with Crippen molar-refractivity contribution in [1.29, 1.82) is 0 Å². The van der Waals surface area contributed by atoms with Crippen molar-refractivity contribution in [1.82, 2.24) is 5.06 Å². The number of hydrogen-bond acceptors (Lipinski definition) is 3. The number of ether oxygens (including phenoxy) is 1. The molecule has 0 N–H and O–H groups in total. The Kier molecular flexibility index (Phi) is 3.69. The minimum atomic E-state index is -0.0267. The second-order valence-electron chi connectivity index (χ2n) is 3.44. The first-order valence-electron chi connectivity index (χ1n) is 4.58. The second kappa shape index (κ2) is 4.58. The molecule has 0 saturated carbocycles. The Morgan fingerprint density at radius 3 is 2.69 bits per heavy atom. The van der Waals surface area contributed by atoms with Crippen LogP contribution in [-0.2, 0) is 14.4 Å². The molecule has 1 aliphatic rings. The van der Waals surface area contributed by atoms with E-state index in [0.717, 1.165) is 12.8 Å². The van der Waals surface area contributed by atoms with Crippen molar-refractivity contribution in [2.24, 2.45) is 5.92 Å². The van der Waals surface area contributed by atoms with E-state index in [1.807, 2.05) is 6.92 Å². The molecular formula is C9H17NO3. The molecule has 0 aromatic rings. The molecule has 1 saturated heterocycles. The topological polar surface area (TPSA) is 38.8 Å². The molecule has 1 rings (SSSR count). The van der Waals surface area contributed by atoms with Gasteiger partial charge in [0.15, 0.2) is 0 Å². The van der Waals surface area contributed by atoms with Gasteiger partial charge in [0.05, 0.1) is 25.7 Å². The van der Waals surface area contributed by atoms with Crippen LogP contribution in [0.1, 0.15) is 19.8 Å². The van der Waals surface area contributed by atoms with Gasteiger partial charge in [-0.25, -0.2) is 5.06 Å². The van der Waals surface area contributed by atoms with Crippen LogP contribution in [0.5, 0.6) is 0 Å². The zero-order valence-corrected chi connectivity index (χ0v) is 8.45. The number of rotatable bonds is 2. The number of hydrogen-bond donors (Lipinski definition) is 0. The number of amides is 1. The van der Waals surface area contributed by atoms with E-state index in [0.29, 0.717) is 6.61 Å². The summed E-state index contributed by atoms with van der Waals surface area (Å²) in [6, 6.07) is 0. The first kappa shape index (κ1) is 10.5. The average Bonchev–Trinajstić information content (AvgIpc) is 2.17. The van der Waals surface area contributed by atoms with Crippen molar-refractivity contribution in [2.75, 3.05) is 20.8 Å². The molecule has 0 radical (unpaired) electrons. The van der Waals surface area contributed by atoms with Crippen molar-refractivity contribution in [3.63, 3.8) is 0 Å². The fraction of sp³-hybridized carbons (Fsp3) is 0.889. The molecule has 1 amide bonds. The SMILES string of the molecule is CON(C)C(=O)[C@@H]1CC[C@@H](C)OC1. The summed E-state index contributed by atoms with van der Waals surface area (Å²) in [4.78, 5) is 16.4. The third-order valence-corrected chi connectivity index (χ3v) is 2.44. The molecule has 0 spiro atoms. The Bertz CT molecular complexity index is 176. The smallest absolute Gasteiger partial charge is 0.251 e. The average molecular weight is 187 g/mol. The summed E-state index contributed by atoms with van der Waals surface area (Å²) in [7, 11) is 3.12. The summed E-state index contributed by atoms with van der Waals surface area (Å²) < 4.78 is 5.40. The van der Waals surface area contributed by atoms with Gasteiger partial charge in [-0.05, 0) is 19.8 Å². The first-order chi connectivity index (χ1) is 6.15. The van der Waals surface area contributed by atoms with E-state index < -0.39 is 0 Å². The van der Waals surface area contributed by atoms with Crippen molar-refractivity contribution >= 4 is 5.91 Å². The molecule has 4 nitrogen and oxygen atoms in total. The molecule has 1 aliphatic heterocycles. The predicted octanol–water partition coefficient (Wildman–Crippen LogP) is 0.821. The maximum Gasteiger partial charge on any atom is 0.251 e. The highest BCUT2D eigenvalue weighted by Crippen LogP contribution is 2.20. The summed E-state index contributed by atoms with van der Waals surface area (Å²) in [5, 5.41) is 1.27. The van der Waals surface area contributed by atoms with Gasteiger partial charge in [0.1, 0.15) is 0 Å². The van der Waals surface area contributed by atoms with E-state index in [1.165, 1.54) is 12.2 Å². The van der Waals surface area contributed by atoms with Crippen LogP contribution in [-0.4, -0.2) is 37.8 Å². The quantitative estimate of drug-likeness (QED) is 0.601. The third-order valence-electron chi connectivity index (χ3n) is 2.44. The standard InChI is InChI=1S/C9H17NO3/c1-7-4-5-8(6-13-7)9(11)10(2)12-3/h7-8H,4-6H2,1-3H3/t7-,8-/m1/s1. The molecule has 76 valence electrons. The van der Waals surface area contributed by atoms with Gasteiger partial charge in [-0.3, -0.25) is 9.63 Å². The summed E-state index contributed by atoms with van der Waals surface area (Å²) in [5.41, 5.74) is 0. The van der Waals surface area contributed by atoms with Crippen molar-refractivity contribution in [3.05, 3.63) is 0 Å². The summed E-state index contributed by atoms with van der Waals surface area (Å²) in [6.45, 7) is 2.55. The zero-order chi connectivity index (χ0) is 9.84. The minimum Gasteiger partial charge on any atom is -0.378 e. The van der Waals surface area contributed by atoms with Crippen molar-refractivity contribution in [3.8, 4) is 0 Å². The van der Waals surface area contributed by atoms with Crippen molar-refractivity contribution < 1.29 is 14.4 Å². The van der Waals surface area contributed by atoms with E-state index in [2.05, 4.69) is 0 Å². The van der Waals surface area contributed by atoms with Gasteiger partial charge in [-0.15, -0.1) is 0 Å². The summed E-state index contributed by atoms with van der Waals surface area (Å²) in [6.07, 6.45) is 2.14. The lowest BCUT2D eigenvalue weighted by Gasteiger charge is -2.28. The van der Waals surface area contributed by atoms with E-state index in [4.69, 9.17) is 9.57 Å². The van der Waals surface area contributed by atoms with Gasteiger partial charge in [0, 0.05) is 7.05 Å². The van der Waals surface area contributed by atoms with Crippen LogP contribution in [0, 0.1) is 5.92 Å². The first-order valence-corrected chi connectivity index (χ1v) is 4.58. The summed E-state index contributed by atoms with van der Waals surface area (Å²) in [5.74, 6) is -0.0180. The largest absolute Gasteiger partial charge is 0.378 e. The lowest BCUT2D eigenvalue weighted by atomic mass is 9.98. The fourth-order valence-corrected chi connectivity index (χ4v) is 1.42. The lowest BCUT2D eigenvalue weighted by molar-refractivity contribution is -0.178. The minimum absolute atomic E-state index is 0.00870. The van der Waals surface area contributed by atoms with Crippen LogP contribution in [0.2, 0.25) is 0 Å².